The van der Waals surface area contributed by atoms with Gasteiger partial charge in [0, 0.05) is 10.9 Å². The Morgan fingerprint density at radius 1 is 0.920 bits per heavy atom. The zero-order valence-corrected chi connectivity index (χ0v) is 14.2. The lowest BCUT2D eigenvalue weighted by Gasteiger charge is -2.19. The van der Waals surface area contributed by atoms with Crippen LogP contribution in [0.25, 0.3) is 16.3 Å². The number of benzene rings is 3. The lowest BCUT2D eigenvalue weighted by molar-refractivity contribution is 0.476. The number of hydrogen-bond acceptors (Lipinski definition) is 1. The molecule has 0 fully saturated rings. The normalized spacial score (nSPS) is 17.3. The molecule has 0 saturated carbocycles. The minimum absolute atomic E-state index is 0.134. The zero-order valence-electron chi connectivity index (χ0n) is 13.4. The van der Waals surface area contributed by atoms with E-state index in [1.54, 1.807) is 30.3 Å². The first-order valence-electron chi connectivity index (χ1n) is 8.16. The van der Waals surface area contributed by atoms with Gasteiger partial charge in [-0.1, -0.05) is 48.0 Å². The molecule has 1 unspecified atom stereocenters. The van der Waals surface area contributed by atoms with Crippen LogP contribution in [0.4, 0.5) is 4.39 Å². The molecule has 124 valence electrons. The molecule has 0 aromatic heterocycles. The summed E-state index contributed by atoms with van der Waals surface area (Å²) in [6, 6.07) is 18.5. The molecule has 25 heavy (non-hydrogen) atoms. The van der Waals surface area contributed by atoms with Gasteiger partial charge >= 0.3 is 0 Å². The molecular weight excluding hydrogens is 335 g/mol. The quantitative estimate of drug-likeness (QED) is 0.550. The fourth-order valence-electron chi connectivity index (χ4n) is 3.27. The lowest BCUT2D eigenvalue weighted by Crippen LogP contribution is -2.03. The molecule has 0 amide bonds. The monoisotopic (exact) mass is 350 g/mol. The van der Waals surface area contributed by atoms with Crippen LogP contribution in [0, 0.1) is 0 Å². The van der Waals surface area contributed by atoms with E-state index in [9.17, 15) is 9.50 Å². The first-order chi connectivity index (χ1) is 12.1. The highest BCUT2D eigenvalue weighted by molar-refractivity contribution is 6.30. The molecule has 0 spiro atoms. The van der Waals surface area contributed by atoms with Crippen molar-refractivity contribution in [2.45, 2.75) is 12.3 Å². The molecule has 3 aromatic rings. The van der Waals surface area contributed by atoms with Crippen LogP contribution in [0.2, 0.25) is 5.02 Å². The lowest BCUT2D eigenvalue weighted by atomic mass is 9.87. The van der Waals surface area contributed by atoms with Crippen LogP contribution in [0.3, 0.4) is 0 Å². The molecule has 1 nitrogen and oxygen atoms in total. The third-order valence-corrected chi connectivity index (χ3v) is 4.88. The van der Waals surface area contributed by atoms with Gasteiger partial charge in [-0.25, -0.2) is 4.39 Å². The van der Waals surface area contributed by atoms with Gasteiger partial charge in [0.25, 0.3) is 0 Å². The van der Waals surface area contributed by atoms with Crippen LogP contribution in [-0.4, -0.2) is 5.11 Å². The van der Waals surface area contributed by atoms with E-state index in [2.05, 4.69) is 6.08 Å². The Morgan fingerprint density at radius 2 is 1.64 bits per heavy atom. The molecule has 0 saturated heterocycles. The SMILES string of the molecule is Oc1ccc2cc(C3=CCC(c4ccc(Cl)cc4)C(F)=C3)ccc2c1. The number of aromatic hydroxyl groups is 1. The average molecular weight is 351 g/mol. The van der Waals surface area contributed by atoms with E-state index in [4.69, 9.17) is 11.6 Å². The average Bonchev–Trinajstić information content (AvgIpc) is 2.62. The first-order valence-corrected chi connectivity index (χ1v) is 8.54. The Hall–Kier alpha value is -2.58. The van der Waals surface area contributed by atoms with Gasteiger partial charge in [-0.15, -0.1) is 0 Å². The van der Waals surface area contributed by atoms with Crippen LogP contribution in [0.5, 0.6) is 5.75 Å². The van der Waals surface area contributed by atoms with Gasteiger partial charge in [0.2, 0.25) is 0 Å². The van der Waals surface area contributed by atoms with Crippen LogP contribution in [0.15, 0.2) is 78.6 Å². The second kappa shape index (κ2) is 6.38. The van der Waals surface area contributed by atoms with Gasteiger partial charge < -0.3 is 5.11 Å². The largest absolute Gasteiger partial charge is 0.508 e. The maximum atomic E-state index is 14.7. The van der Waals surface area contributed by atoms with Crippen molar-refractivity contribution < 1.29 is 9.50 Å². The second-order valence-corrected chi connectivity index (χ2v) is 6.71. The van der Waals surface area contributed by atoms with E-state index in [1.165, 1.54) is 0 Å². The molecular formula is C22H16ClFO. The smallest absolute Gasteiger partial charge is 0.116 e. The molecule has 3 aromatic carbocycles. The number of hydrogen-bond donors (Lipinski definition) is 1. The van der Waals surface area contributed by atoms with Crippen LogP contribution < -0.4 is 0 Å². The minimum Gasteiger partial charge on any atom is -0.508 e. The Kier molecular flexibility index (Phi) is 4.06. The Balaban J connectivity index is 1.64. The molecule has 4 rings (SSSR count). The second-order valence-electron chi connectivity index (χ2n) is 6.27. The minimum atomic E-state index is -0.251. The summed E-state index contributed by atoms with van der Waals surface area (Å²) in [6.45, 7) is 0. The summed E-state index contributed by atoms with van der Waals surface area (Å²) in [6.07, 6.45) is 4.31. The Bertz CT molecular complexity index is 1000. The molecule has 0 bridgehead atoms. The van der Waals surface area contributed by atoms with Crippen LogP contribution in [-0.2, 0) is 0 Å². The number of rotatable bonds is 2. The van der Waals surface area contributed by atoms with Crippen molar-refractivity contribution in [2.75, 3.05) is 0 Å². The molecule has 0 aliphatic heterocycles. The summed E-state index contributed by atoms with van der Waals surface area (Å²) in [4.78, 5) is 0. The highest BCUT2D eigenvalue weighted by Crippen LogP contribution is 2.37. The number of halogens is 2. The summed E-state index contributed by atoms with van der Waals surface area (Å²) < 4.78 is 14.7. The summed E-state index contributed by atoms with van der Waals surface area (Å²) in [5.74, 6) is -0.141. The molecule has 3 heteroatoms. The topological polar surface area (TPSA) is 20.2 Å². The van der Waals surface area contributed by atoms with Gasteiger partial charge in [0.05, 0.1) is 0 Å². The maximum absolute atomic E-state index is 14.7. The van der Waals surface area contributed by atoms with Crippen molar-refractivity contribution in [1.82, 2.24) is 0 Å². The molecule has 1 aliphatic carbocycles. The predicted molar refractivity (Wildman–Crippen MR) is 102 cm³/mol. The number of phenols is 1. The van der Waals surface area contributed by atoms with Crippen molar-refractivity contribution in [3.05, 3.63) is 94.8 Å². The summed E-state index contributed by atoms with van der Waals surface area (Å²) in [5, 5.41) is 12.2. The molecule has 0 heterocycles. The standard InChI is InChI=1S/C22H16ClFO/c23-19-7-3-14(4-8-19)21-10-6-18(13-22(21)24)15-1-2-17-12-20(25)9-5-16(17)11-15/h1-9,11-13,21,25H,10H2. The molecule has 1 atom stereocenters. The molecule has 1 N–H and O–H groups in total. The fraction of sp³-hybridized carbons (Fsp3) is 0.0909. The number of allylic oxidation sites excluding steroid dienone is 4. The van der Waals surface area contributed by atoms with E-state index in [1.807, 2.05) is 36.4 Å². The highest BCUT2D eigenvalue weighted by atomic mass is 35.5. The van der Waals surface area contributed by atoms with E-state index in [-0.39, 0.29) is 17.5 Å². The number of phenolic OH excluding ortho intramolecular Hbond substituents is 1. The van der Waals surface area contributed by atoms with Gasteiger partial charge in [-0.3, -0.25) is 0 Å². The summed E-state index contributed by atoms with van der Waals surface area (Å²) >= 11 is 5.91. The predicted octanol–water partition coefficient (Wildman–Crippen LogP) is 6.62. The van der Waals surface area contributed by atoms with Gasteiger partial charge in [-0.05, 0) is 70.3 Å². The van der Waals surface area contributed by atoms with Gasteiger partial charge in [-0.2, -0.15) is 0 Å². The van der Waals surface area contributed by atoms with E-state index in [0.717, 1.165) is 27.5 Å². The van der Waals surface area contributed by atoms with Crippen LogP contribution in [0.1, 0.15) is 23.5 Å². The summed E-state index contributed by atoms with van der Waals surface area (Å²) in [5.41, 5.74) is 2.79. The van der Waals surface area contributed by atoms with Gasteiger partial charge in [0.15, 0.2) is 0 Å². The van der Waals surface area contributed by atoms with Crippen LogP contribution >= 0.6 is 11.6 Å². The van der Waals surface area contributed by atoms with Crippen molar-refractivity contribution in [3.8, 4) is 5.75 Å². The summed E-state index contributed by atoms with van der Waals surface area (Å²) in [7, 11) is 0. The molecule has 1 aliphatic rings. The van der Waals surface area contributed by atoms with E-state index in [0.29, 0.717) is 11.4 Å². The molecule has 0 radical (unpaired) electrons. The van der Waals surface area contributed by atoms with Crippen molar-refractivity contribution >= 4 is 27.9 Å². The number of fused-ring (bicyclic) bond motifs is 1. The zero-order chi connectivity index (χ0) is 17.4. The first kappa shape index (κ1) is 15.9. The van der Waals surface area contributed by atoms with E-state index >= 15 is 0 Å². The third kappa shape index (κ3) is 3.18. The van der Waals surface area contributed by atoms with Crippen molar-refractivity contribution in [2.24, 2.45) is 0 Å². The van der Waals surface area contributed by atoms with Gasteiger partial charge in [0.1, 0.15) is 11.6 Å². The Morgan fingerprint density at radius 3 is 2.40 bits per heavy atom. The van der Waals surface area contributed by atoms with E-state index < -0.39 is 0 Å². The maximum Gasteiger partial charge on any atom is 0.116 e. The fourth-order valence-corrected chi connectivity index (χ4v) is 3.40. The third-order valence-electron chi connectivity index (χ3n) is 4.63. The van der Waals surface area contributed by atoms with Crippen molar-refractivity contribution in [1.29, 1.82) is 0 Å². The highest BCUT2D eigenvalue weighted by Gasteiger charge is 2.20. The Labute approximate surface area is 150 Å². The van der Waals surface area contributed by atoms with Crippen molar-refractivity contribution in [3.63, 3.8) is 0 Å².